The Kier molecular flexibility index (Phi) is 9.97. The molecule has 10 heteroatoms. The highest BCUT2D eigenvalue weighted by atomic mass is 35.5. The normalized spacial score (nSPS) is 12.0. The van der Waals surface area contributed by atoms with Gasteiger partial charge in [0.1, 0.15) is 12.6 Å². The summed E-state index contributed by atoms with van der Waals surface area (Å²) in [6.45, 7) is 3.57. The van der Waals surface area contributed by atoms with Crippen LogP contribution in [-0.2, 0) is 26.2 Å². The van der Waals surface area contributed by atoms with Crippen molar-refractivity contribution in [2.45, 2.75) is 37.8 Å². The average molecular weight is 563 g/mol. The summed E-state index contributed by atoms with van der Waals surface area (Å²) in [5.74, 6) is -0.852. The molecule has 0 bridgehead atoms. The topological polar surface area (TPSA) is 86.8 Å². The second-order valence-electron chi connectivity index (χ2n) is 8.28. The van der Waals surface area contributed by atoms with Gasteiger partial charge in [0.15, 0.2) is 0 Å². The van der Waals surface area contributed by atoms with E-state index in [0.717, 1.165) is 9.87 Å². The highest BCUT2D eigenvalue weighted by molar-refractivity contribution is 7.92. The summed E-state index contributed by atoms with van der Waals surface area (Å²) in [7, 11) is -4.18. The molecule has 0 fully saturated rings. The third-order valence-corrected chi connectivity index (χ3v) is 7.90. The van der Waals surface area contributed by atoms with Crippen molar-refractivity contribution in [3.63, 3.8) is 0 Å². The quantitative estimate of drug-likeness (QED) is 0.351. The number of likely N-dealkylation sites (N-methyl/N-ethyl adjacent to an activating group) is 1. The predicted molar refractivity (Wildman–Crippen MR) is 147 cm³/mol. The maximum atomic E-state index is 13.9. The van der Waals surface area contributed by atoms with Gasteiger partial charge in [0.05, 0.1) is 10.6 Å². The fourth-order valence-electron chi connectivity index (χ4n) is 3.92. The van der Waals surface area contributed by atoms with Gasteiger partial charge >= 0.3 is 0 Å². The van der Waals surface area contributed by atoms with Crippen molar-refractivity contribution < 1.29 is 18.0 Å². The molecule has 0 aliphatic carbocycles. The zero-order valence-electron chi connectivity index (χ0n) is 20.6. The Morgan fingerprint density at radius 3 is 2.00 bits per heavy atom. The van der Waals surface area contributed by atoms with E-state index in [1.807, 2.05) is 30.3 Å². The molecular formula is C27H29Cl2N3O4S. The number of halogens is 2. The Bertz CT molecular complexity index is 1300. The number of rotatable bonds is 11. The maximum absolute atomic E-state index is 13.9. The summed E-state index contributed by atoms with van der Waals surface area (Å²) < 4.78 is 28.5. The first kappa shape index (κ1) is 28.5. The first-order chi connectivity index (χ1) is 17.7. The van der Waals surface area contributed by atoms with Crippen molar-refractivity contribution in [2.75, 3.05) is 17.4 Å². The fourth-order valence-corrected chi connectivity index (χ4v) is 5.86. The molecule has 0 aromatic heterocycles. The highest BCUT2D eigenvalue weighted by Crippen LogP contribution is 2.30. The van der Waals surface area contributed by atoms with Gasteiger partial charge in [0.2, 0.25) is 11.8 Å². The van der Waals surface area contributed by atoms with Crippen LogP contribution >= 0.6 is 23.2 Å². The average Bonchev–Trinajstić information content (AvgIpc) is 2.87. The van der Waals surface area contributed by atoms with Crippen LogP contribution in [0.4, 0.5) is 5.69 Å². The summed E-state index contributed by atoms with van der Waals surface area (Å²) in [4.78, 5) is 28.2. The van der Waals surface area contributed by atoms with Crippen LogP contribution in [0.25, 0.3) is 0 Å². The van der Waals surface area contributed by atoms with Crippen molar-refractivity contribution >= 4 is 50.7 Å². The second-order valence-corrected chi connectivity index (χ2v) is 11.0. The third kappa shape index (κ3) is 7.25. The Morgan fingerprint density at radius 1 is 0.892 bits per heavy atom. The number of anilines is 1. The summed E-state index contributed by atoms with van der Waals surface area (Å²) in [5, 5.41) is 3.22. The minimum Gasteiger partial charge on any atom is -0.355 e. The van der Waals surface area contributed by atoms with Crippen LogP contribution in [0.5, 0.6) is 0 Å². The molecule has 0 aliphatic heterocycles. The van der Waals surface area contributed by atoms with Gasteiger partial charge in [0.25, 0.3) is 10.0 Å². The van der Waals surface area contributed by atoms with Gasteiger partial charge in [-0.2, -0.15) is 0 Å². The Hall–Kier alpha value is -3.07. The van der Waals surface area contributed by atoms with Crippen LogP contribution in [0.3, 0.4) is 0 Å². The molecule has 7 nitrogen and oxygen atoms in total. The molecule has 0 heterocycles. The molecule has 3 aromatic carbocycles. The van der Waals surface area contributed by atoms with Crippen LogP contribution in [0, 0.1) is 0 Å². The number of hydrogen-bond acceptors (Lipinski definition) is 4. The molecule has 0 unspecified atom stereocenters. The summed E-state index contributed by atoms with van der Waals surface area (Å²) in [6, 6.07) is 20.6. The number of sulfonamides is 1. The van der Waals surface area contributed by atoms with Crippen LogP contribution < -0.4 is 9.62 Å². The standard InChI is InChI=1S/C27H29Cl2N3O4S/c1-3-25(27(34)30-4-2)31(18-20-11-7-5-8-12-20)26(33)19-32(23-16-21(28)15-22(29)17-23)37(35,36)24-13-9-6-10-14-24/h5-17,25H,3-4,18-19H2,1-2H3,(H,30,34)/t25-/m1/s1. The molecule has 1 N–H and O–H groups in total. The van der Waals surface area contributed by atoms with E-state index in [-0.39, 0.29) is 33.1 Å². The molecular weight excluding hydrogens is 533 g/mol. The molecule has 0 spiro atoms. The molecule has 3 rings (SSSR count). The first-order valence-electron chi connectivity index (χ1n) is 11.8. The fraction of sp³-hybridized carbons (Fsp3) is 0.259. The minimum atomic E-state index is -4.18. The summed E-state index contributed by atoms with van der Waals surface area (Å²) in [6.07, 6.45) is 0.346. The van der Waals surface area contributed by atoms with Gasteiger partial charge in [0, 0.05) is 23.1 Å². The number of benzene rings is 3. The summed E-state index contributed by atoms with van der Waals surface area (Å²) in [5.41, 5.74) is 0.947. The van der Waals surface area contributed by atoms with Crippen molar-refractivity contribution in [3.05, 3.63) is 94.5 Å². The van der Waals surface area contributed by atoms with E-state index in [1.54, 1.807) is 32.0 Å². The molecule has 0 aliphatic rings. The van der Waals surface area contributed by atoms with E-state index in [2.05, 4.69) is 5.32 Å². The largest absolute Gasteiger partial charge is 0.355 e. The second kappa shape index (κ2) is 12.9. The van der Waals surface area contributed by atoms with Crippen molar-refractivity contribution in [1.82, 2.24) is 10.2 Å². The zero-order valence-corrected chi connectivity index (χ0v) is 22.9. The van der Waals surface area contributed by atoms with E-state index in [4.69, 9.17) is 23.2 Å². The van der Waals surface area contributed by atoms with Gasteiger partial charge in [-0.15, -0.1) is 0 Å². The van der Waals surface area contributed by atoms with E-state index >= 15 is 0 Å². The molecule has 37 heavy (non-hydrogen) atoms. The van der Waals surface area contributed by atoms with Gasteiger partial charge < -0.3 is 10.2 Å². The molecule has 3 aromatic rings. The Labute approximate surface area is 228 Å². The van der Waals surface area contributed by atoms with Crippen LogP contribution in [0.1, 0.15) is 25.8 Å². The number of nitrogens with one attached hydrogen (secondary N) is 1. The minimum absolute atomic E-state index is 0.00396. The lowest BCUT2D eigenvalue weighted by Crippen LogP contribution is -2.52. The number of hydrogen-bond donors (Lipinski definition) is 1. The van der Waals surface area contributed by atoms with E-state index in [9.17, 15) is 18.0 Å². The van der Waals surface area contributed by atoms with E-state index < -0.39 is 28.5 Å². The molecule has 0 radical (unpaired) electrons. The van der Waals surface area contributed by atoms with Crippen molar-refractivity contribution in [1.29, 1.82) is 0 Å². The van der Waals surface area contributed by atoms with Gasteiger partial charge in [-0.3, -0.25) is 13.9 Å². The van der Waals surface area contributed by atoms with E-state index in [1.165, 1.54) is 35.2 Å². The first-order valence-corrected chi connectivity index (χ1v) is 14.0. The molecule has 196 valence electrons. The zero-order chi connectivity index (χ0) is 27.0. The lowest BCUT2D eigenvalue weighted by atomic mass is 10.1. The van der Waals surface area contributed by atoms with Crippen LogP contribution in [0.2, 0.25) is 10.0 Å². The number of carbonyl (C=O) groups excluding carboxylic acids is 2. The lowest BCUT2D eigenvalue weighted by Gasteiger charge is -2.33. The Balaban J connectivity index is 2.07. The molecule has 0 saturated carbocycles. The van der Waals surface area contributed by atoms with Gasteiger partial charge in [-0.1, -0.05) is 78.7 Å². The van der Waals surface area contributed by atoms with Crippen LogP contribution in [0.15, 0.2) is 83.8 Å². The van der Waals surface area contributed by atoms with Crippen molar-refractivity contribution in [3.8, 4) is 0 Å². The third-order valence-electron chi connectivity index (χ3n) is 5.68. The van der Waals surface area contributed by atoms with Gasteiger partial charge in [-0.25, -0.2) is 8.42 Å². The van der Waals surface area contributed by atoms with Gasteiger partial charge in [-0.05, 0) is 49.2 Å². The van der Waals surface area contributed by atoms with Crippen molar-refractivity contribution in [2.24, 2.45) is 0 Å². The number of carbonyl (C=O) groups is 2. The smallest absolute Gasteiger partial charge is 0.264 e. The highest BCUT2D eigenvalue weighted by Gasteiger charge is 2.33. The molecule has 2 amide bonds. The Morgan fingerprint density at radius 2 is 1.46 bits per heavy atom. The predicted octanol–water partition coefficient (Wildman–Crippen LogP) is 5.13. The number of nitrogens with zero attached hydrogens (tertiary/aromatic N) is 2. The monoisotopic (exact) mass is 561 g/mol. The lowest BCUT2D eigenvalue weighted by molar-refractivity contribution is -0.140. The molecule has 0 saturated heterocycles. The summed E-state index contributed by atoms with van der Waals surface area (Å²) >= 11 is 12.4. The maximum Gasteiger partial charge on any atom is 0.264 e. The van der Waals surface area contributed by atoms with Crippen LogP contribution in [-0.4, -0.2) is 44.3 Å². The molecule has 1 atom stereocenters. The van der Waals surface area contributed by atoms with E-state index in [0.29, 0.717) is 13.0 Å². The SMILES string of the molecule is CCNC(=O)[C@@H](CC)N(Cc1ccccc1)C(=O)CN(c1cc(Cl)cc(Cl)c1)S(=O)(=O)c1ccccc1. The number of amides is 2.